The molecule has 0 fully saturated rings. The van der Waals surface area contributed by atoms with Crippen LogP contribution in [0.1, 0.15) is 10.4 Å². The second-order valence-electron chi connectivity index (χ2n) is 3.49. The number of carboxylic acid groups (broad SMARTS) is 1. The molecular formula is C12H10N2O4. The molecule has 1 aromatic heterocycles. The third-order valence-corrected chi connectivity index (χ3v) is 2.25. The maximum atomic E-state index is 11.8. The molecule has 0 bridgehead atoms. The van der Waals surface area contributed by atoms with E-state index < -0.39 is 18.5 Å². The van der Waals surface area contributed by atoms with Crippen molar-refractivity contribution in [2.24, 2.45) is 0 Å². The molecule has 0 saturated carbocycles. The van der Waals surface area contributed by atoms with Crippen molar-refractivity contribution in [1.82, 2.24) is 10.5 Å². The lowest BCUT2D eigenvalue weighted by atomic mass is 10.1. The van der Waals surface area contributed by atoms with Crippen LogP contribution in [0.25, 0.3) is 10.9 Å². The van der Waals surface area contributed by atoms with Crippen molar-refractivity contribution in [2.75, 3.05) is 6.61 Å². The van der Waals surface area contributed by atoms with Gasteiger partial charge in [-0.25, -0.2) is 10.3 Å². The molecule has 1 heterocycles. The molecule has 18 heavy (non-hydrogen) atoms. The summed E-state index contributed by atoms with van der Waals surface area (Å²) in [5.41, 5.74) is 3.14. The molecule has 6 nitrogen and oxygen atoms in total. The predicted octanol–water partition coefficient (Wildman–Crippen LogP) is 0.981. The molecule has 0 aliphatic heterocycles. The van der Waals surface area contributed by atoms with Crippen LogP contribution in [0.4, 0.5) is 0 Å². The van der Waals surface area contributed by atoms with Gasteiger partial charge in [0.2, 0.25) is 0 Å². The Bertz CT molecular complexity index is 592. The summed E-state index contributed by atoms with van der Waals surface area (Å²) >= 11 is 0. The summed E-state index contributed by atoms with van der Waals surface area (Å²) in [5, 5.41) is 9.06. The summed E-state index contributed by atoms with van der Waals surface area (Å²) in [6.07, 6.45) is 1.63. The highest BCUT2D eigenvalue weighted by molar-refractivity contribution is 6.05. The van der Waals surface area contributed by atoms with Crippen LogP contribution in [0.15, 0.2) is 36.5 Å². The smallest absolute Gasteiger partial charge is 0.332 e. The summed E-state index contributed by atoms with van der Waals surface area (Å²) in [5.74, 6) is -1.66. The van der Waals surface area contributed by atoms with Crippen LogP contribution in [0.3, 0.4) is 0 Å². The maximum Gasteiger partial charge on any atom is 0.332 e. The number of aromatic nitrogens is 1. The largest absolute Gasteiger partial charge is 0.479 e. The molecule has 0 atom stereocenters. The number of fused-ring (bicyclic) bond motifs is 1. The first-order valence-corrected chi connectivity index (χ1v) is 5.16. The maximum absolute atomic E-state index is 11.8. The third-order valence-electron chi connectivity index (χ3n) is 2.25. The number of hydrogen-bond donors (Lipinski definition) is 2. The Labute approximate surface area is 102 Å². The molecule has 6 heteroatoms. The first kappa shape index (κ1) is 12.0. The van der Waals surface area contributed by atoms with Gasteiger partial charge in [-0.3, -0.25) is 14.6 Å². The molecule has 0 radical (unpaired) electrons. The van der Waals surface area contributed by atoms with Crippen molar-refractivity contribution in [3.05, 3.63) is 42.1 Å². The topological polar surface area (TPSA) is 88.5 Å². The second kappa shape index (κ2) is 5.24. The highest BCUT2D eigenvalue weighted by Gasteiger charge is 2.10. The zero-order valence-electron chi connectivity index (χ0n) is 9.29. The summed E-state index contributed by atoms with van der Waals surface area (Å²) < 4.78 is 0. The number of nitrogens with zero attached hydrogens (tertiary/aromatic N) is 1. The average Bonchev–Trinajstić information content (AvgIpc) is 2.37. The molecule has 92 valence electrons. The number of aliphatic carboxylic acids is 1. The number of carboxylic acids is 1. The Kier molecular flexibility index (Phi) is 3.49. The van der Waals surface area contributed by atoms with Crippen molar-refractivity contribution in [2.45, 2.75) is 0 Å². The number of hydroxylamine groups is 1. The van der Waals surface area contributed by atoms with Gasteiger partial charge in [-0.1, -0.05) is 12.1 Å². The number of benzene rings is 1. The van der Waals surface area contributed by atoms with Crippen LogP contribution in [-0.4, -0.2) is 28.6 Å². The fraction of sp³-hybridized carbons (Fsp3) is 0.0833. The van der Waals surface area contributed by atoms with Gasteiger partial charge in [-0.15, -0.1) is 0 Å². The van der Waals surface area contributed by atoms with Crippen LogP contribution >= 0.6 is 0 Å². The lowest BCUT2D eigenvalue weighted by Crippen LogP contribution is -2.26. The summed E-state index contributed by atoms with van der Waals surface area (Å²) in [6, 6.07) is 8.57. The van der Waals surface area contributed by atoms with Gasteiger partial charge >= 0.3 is 5.97 Å². The van der Waals surface area contributed by atoms with Gasteiger partial charge in [-0.2, -0.15) is 0 Å². The number of rotatable bonds is 4. The van der Waals surface area contributed by atoms with Crippen LogP contribution in [-0.2, 0) is 9.63 Å². The molecular weight excluding hydrogens is 236 g/mol. The molecule has 2 rings (SSSR count). The van der Waals surface area contributed by atoms with E-state index in [0.717, 1.165) is 0 Å². The first-order valence-electron chi connectivity index (χ1n) is 5.16. The van der Waals surface area contributed by atoms with E-state index >= 15 is 0 Å². The number of hydrogen-bond acceptors (Lipinski definition) is 4. The molecule has 1 amide bonds. The zero-order chi connectivity index (χ0) is 13.0. The Morgan fingerprint density at radius 1 is 1.28 bits per heavy atom. The quantitative estimate of drug-likeness (QED) is 0.785. The second-order valence-corrected chi connectivity index (χ2v) is 3.49. The fourth-order valence-electron chi connectivity index (χ4n) is 1.52. The van der Waals surface area contributed by atoms with Gasteiger partial charge in [0.15, 0.2) is 6.61 Å². The zero-order valence-corrected chi connectivity index (χ0v) is 9.29. The SMILES string of the molecule is O=C(O)CONC(=O)c1cccc2ncccc12. The van der Waals surface area contributed by atoms with E-state index in [2.05, 4.69) is 15.3 Å². The molecule has 0 aliphatic rings. The van der Waals surface area contributed by atoms with E-state index in [-0.39, 0.29) is 0 Å². The summed E-state index contributed by atoms with van der Waals surface area (Å²) in [4.78, 5) is 30.7. The Hall–Kier alpha value is -2.47. The van der Waals surface area contributed by atoms with Crippen molar-refractivity contribution in [3.8, 4) is 0 Å². The van der Waals surface area contributed by atoms with Crippen LogP contribution in [0.5, 0.6) is 0 Å². The highest BCUT2D eigenvalue weighted by Crippen LogP contribution is 2.15. The van der Waals surface area contributed by atoms with E-state index in [4.69, 9.17) is 5.11 Å². The average molecular weight is 246 g/mol. The predicted molar refractivity (Wildman–Crippen MR) is 62.8 cm³/mol. The lowest BCUT2D eigenvalue weighted by molar-refractivity contribution is -0.144. The number of nitrogens with one attached hydrogen (secondary N) is 1. The lowest BCUT2D eigenvalue weighted by Gasteiger charge is -2.06. The van der Waals surface area contributed by atoms with Gasteiger partial charge in [-0.05, 0) is 18.2 Å². The minimum Gasteiger partial charge on any atom is -0.479 e. The van der Waals surface area contributed by atoms with Crippen LogP contribution < -0.4 is 5.48 Å². The number of carbonyl (C=O) groups is 2. The van der Waals surface area contributed by atoms with E-state index in [1.165, 1.54) is 0 Å². The van der Waals surface area contributed by atoms with Gasteiger partial charge in [0.1, 0.15) is 0 Å². The van der Waals surface area contributed by atoms with E-state index in [0.29, 0.717) is 16.5 Å². The summed E-state index contributed by atoms with van der Waals surface area (Å²) in [6.45, 7) is -0.589. The van der Waals surface area contributed by atoms with Crippen LogP contribution in [0.2, 0.25) is 0 Å². The Morgan fingerprint density at radius 2 is 2.11 bits per heavy atom. The monoisotopic (exact) mass is 246 g/mol. The van der Waals surface area contributed by atoms with Crippen molar-refractivity contribution < 1.29 is 19.5 Å². The minimum atomic E-state index is -1.16. The first-order chi connectivity index (χ1) is 8.68. The molecule has 2 N–H and O–H groups in total. The molecule has 1 aromatic carbocycles. The highest BCUT2D eigenvalue weighted by atomic mass is 16.7. The van der Waals surface area contributed by atoms with Gasteiger partial charge in [0, 0.05) is 11.6 Å². The van der Waals surface area contributed by atoms with Gasteiger partial charge in [0.05, 0.1) is 11.1 Å². The Morgan fingerprint density at radius 3 is 2.89 bits per heavy atom. The standard InChI is InChI=1S/C12H10N2O4/c15-11(16)7-18-14-12(17)9-3-1-5-10-8(9)4-2-6-13-10/h1-6H,7H2,(H,14,17)(H,15,16). The van der Waals surface area contributed by atoms with E-state index in [9.17, 15) is 9.59 Å². The third kappa shape index (κ3) is 2.61. The van der Waals surface area contributed by atoms with Gasteiger partial charge < -0.3 is 5.11 Å². The Balaban J connectivity index is 2.20. The van der Waals surface area contributed by atoms with E-state index in [1.807, 2.05) is 0 Å². The molecule has 0 spiro atoms. The minimum absolute atomic E-state index is 0.381. The summed E-state index contributed by atoms with van der Waals surface area (Å²) in [7, 11) is 0. The number of amides is 1. The number of pyridine rings is 1. The van der Waals surface area contributed by atoms with Crippen molar-refractivity contribution in [3.63, 3.8) is 0 Å². The fourth-order valence-corrected chi connectivity index (χ4v) is 1.52. The van der Waals surface area contributed by atoms with Crippen LogP contribution in [0, 0.1) is 0 Å². The number of carbonyl (C=O) groups excluding carboxylic acids is 1. The normalized spacial score (nSPS) is 10.2. The van der Waals surface area contributed by atoms with Crippen molar-refractivity contribution >= 4 is 22.8 Å². The van der Waals surface area contributed by atoms with Crippen molar-refractivity contribution in [1.29, 1.82) is 0 Å². The molecule has 0 unspecified atom stereocenters. The molecule has 2 aromatic rings. The van der Waals surface area contributed by atoms with E-state index in [1.54, 1.807) is 36.5 Å². The molecule has 0 saturated heterocycles. The molecule has 0 aliphatic carbocycles. The van der Waals surface area contributed by atoms with Gasteiger partial charge in [0.25, 0.3) is 5.91 Å².